The minimum absolute atomic E-state index is 0.901. The Hall–Kier alpha value is -2.88. The van der Waals surface area contributed by atoms with Gasteiger partial charge >= 0.3 is 0 Å². The van der Waals surface area contributed by atoms with Crippen molar-refractivity contribution in [2.45, 2.75) is 0 Å². The molecule has 0 heteroatoms. The maximum absolute atomic E-state index is 5.07. The van der Waals surface area contributed by atoms with Crippen LogP contribution in [-0.4, -0.2) is 0 Å². The van der Waals surface area contributed by atoms with Gasteiger partial charge in [-0.1, -0.05) is 36.0 Å². The highest BCUT2D eigenvalue weighted by Gasteiger charge is 1.88. The molecule has 0 radical (unpaired) electrons. The van der Waals surface area contributed by atoms with Crippen LogP contribution in [0.3, 0.4) is 0 Å². The summed E-state index contributed by atoms with van der Waals surface area (Å²) in [5.41, 5.74) is 2.87. The first-order valence-corrected chi connectivity index (χ1v) is 5.52. The van der Waals surface area contributed by atoms with Crippen LogP contribution in [0, 0.1) is 36.0 Å². The minimum Gasteiger partial charge on any atom is -0.106 e. The fourth-order valence-corrected chi connectivity index (χ4v) is 1.41. The van der Waals surface area contributed by atoms with Crippen molar-refractivity contribution in [2.24, 2.45) is 0 Å². The Balaban J connectivity index is 2.17. The first-order valence-electron chi connectivity index (χ1n) is 5.52. The third-order valence-electron chi connectivity index (χ3n) is 2.29. The Morgan fingerprint density at radius 1 is 0.611 bits per heavy atom. The highest BCUT2D eigenvalue weighted by molar-refractivity contribution is 5.46. The smallest absolute Gasteiger partial charge is 0.0256 e. The summed E-state index contributed by atoms with van der Waals surface area (Å²) in [6.07, 6.45) is 5.07. The number of terminal acetylenes is 1. The summed E-state index contributed by atoms with van der Waals surface area (Å²) in [6.45, 7) is 0. The van der Waals surface area contributed by atoms with Crippen molar-refractivity contribution < 1.29 is 0 Å². The van der Waals surface area contributed by atoms with Crippen LogP contribution in [0.25, 0.3) is 0 Å². The fraction of sp³-hybridized carbons (Fsp3) is 0. The van der Waals surface area contributed by atoms with Crippen molar-refractivity contribution in [3.05, 3.63) is 71.3 Å². The Morgan fingerprint density at radius 3 is 1.67 bits per heavy atom. The first-order chi connectivity index (χ1) is 8.88. The highest BCUT2D eigenvalue weighted by Crippen LogP contribution is 2.02. The van der Waals surface area contributed by atoms with E-state index in [0.29, 0.717) is 0 Å². The van der Waals surface area contributed by atoms with Crippen molar-refractivity contribution in [3.8, 4) is 36.0 Å². The van der Waals surface area contributed by atoms with E-state index in [1.165, 1.54) is 0 Å². The SMILES string of the molecule is C#CC#Cc1ccc(C#Cc2ccccc2)cc1. The molecule has 0 aliphatic carbocycles. The van der Waals surface area contributed by atoms with Crippen LogP contribution in [0.4, 0.5) is 0 Å². The van der Waals surface area contributed by atoms with Crippen LogP contribution in [0.2, 0.25) is 0 Å². The van der Waals surface area contributed by atoms with E-state index in [1.807, 2.05) is 54.6 Å². The van der Waals surface area contributed by atoms with E-state index < -0.39 is 0 Å². The van der Waals surface area contributed by atoms with E-state index >= 15 is 0 Å². The lowest BCUT2D eigenvalue weighted by atomic mass is 10.1. The predicted molar refractivity (Wildman–Crippen MR) is 74.6 cm³/mol. The molecule has 0 aliphatic rings. The lowest BCUT2D eigenvalue weighted by Crippen LogP contribution is -1.77. The molecule has 0 heterocycles. The van der Waals surface area contributed by atoms with Crippen LogP contribution in [-0.2, 0) is 0 Å². The summed E-state index contributed by atoms with van der Waals surface area (Å²) in [5.74, 6) is 13.9. The normalized spacial score (nSPS) is 8.17. The van der Waals surface area contributed by atoms with Gasteiger partial charge in [0, 0.05) is 16.7 Å². The summed E-state index contributed by atoms with van der Waals surface area (Å²) in [4.78, 5) is 0. The van der Waals surface area contributed by atoms with E-state index in [-0.39, 0.29) is 0 Å². The van der Waals surface area contributed by atoms with Gasteiger partial charge in [-0.15, -0.1) is 6.42 Å². The summed E-state index contributed by atoms with van der Waals surface area (Å²) >= 11 is 0. The van der Waals surface area contributed by atoms with Crippen molar-refractivity contribution >= 4 is 0 Å². The monoisotopic (exact) mass is 226 g/mol. The van der Waals surface area contributed by atoms with E-state index in [4.69, 9.17) is 6.42 Å². The Bertz CT molecular complexity index is 675. The van der Waals surface area contributed by atoms with Gasteiger partial charge in [0.1, 0.15) is 0 Å². The molecule has 0 bridgehead atoms. The van der Waals surface area contributed by atoms with Crippen molar-refractivity contribution in [1.29, 1.82) is 0 Å². The lowest BCUT2D eigenvalue weighted by molar-refractivity contribution is 1.59. The quantitative estimate of drug-likeness (QED) is 0.606. The molecule has 0 spiro atoms. The van der Waals surface area contributed by atoms with Crippen LogP contribution in [0.1, 0.15) is 16.7 Å². The van der Waals surface area contributed by atoms with Gasteiger partial charge in [-0.2, -0.15) is 0 Å². The number of benzene rings is 2. The van der Waals surface area contributed by atoms with E-state index in [2.05, 4.69) is 29.6 Å². The average molecular weight is 226 g/mol. The van der Waals surface area contributed by atoms with Crippen molar-refractivity contribution in [2.75, 3.05) is 0 Å². The summed E-state index contributed by atoms with van der Waals surface area (Å²) in [6, 6.07) is 17.6. The van der Waals surface area contributed by atoms with E-state index in [9.17, 15) is 0 Å². The molecule has 0 saturated heterocycles. The maximum atomic E-state index is 5.07. The Kier molecular flexibility index (Phi) is 3.87. The van der Waals surface area contributed by atoms with Gasteiger partial charge in [0.2, 0.25) is 0 Å². The zero-order chi connectivity index (χ0) is 12.6. The molecule has 2 aromatic rings. The standard InChI is InChI=1S/C18H10/c1-2-3-7-17-11-14-18(15-12-17)13-10-16-8-5-4-6-9-16/h1,4-6,8-9,11-12,14-15H. The molecule has 0 saturated carbocycles. The first kappa shape index (κ1) is 11.6. The molecule has 0 N–H and O–H groups in total. The van der Waals surface area contributed by atoms with Gasteiger partial charge in [-0.05, 0) is 48.2 Å². The molecule has 0 aromatic heterocycles. The number of hydrogen-bond acceptors (Lipinski definition) is 0. The van der Waals surface area contributed by atoms with Gasteiger partial charge in [0.15, 0.2) is 0 Å². The lowest BCUT2D eigenvalue weighted by Gasteiger charge is -1.91. The molecule has 2 rings (SSSR count). The maximum Gasteiger partial charge on any atom is 0.0256 e. The summed E-state index contributed by atoms with van der Waals surface area (Å²) in [7, 11) is 0. The third-order valence-corrected chi connectivity index (χ3v) is 2.29. The predicted octanol–water partition coefficient (Wildman–Crippen LogP) is 3.07. The average Bonchev–Trinajstić information content (AvgIpc) is 2.45. The van der Waals surface area contributed by atoms with Gasteiger partial charge in [0.25, 0.3) is 0 Å². The number of rotatable bonds is 0. The van der Waals surface area contributed by atoms with Crippen LogP contribution in [0.5, 0.6) is 0 Å². The molecule has 0 unspecified atom stereocenters. The van der Waals surface area contributed by atoms with Gasteiger partial charge in [-0.25, -0.2) is 0 Å². The molecule has 0 amide bonds. The zero-order valence-electron chi connectivity index (χ0n) is 9.77. The molecule has 0 aliphatic heterocycles. The Morgan fingerprint density at radius 2 is 1.11 bits per heavy atom. The molecule has 0 nitrogen and oxygen atoms in total. The second kappa shape index (κ2) is 6.00. The molecule has 18 heavy (non-hydrogen) atoms. The second-order valence-corrected chi connectivity index (χ2v) is 3.59. The molecule has 0 atom stereocenters. The molecular weight excluding hydrogens is 216 g/mol. The Labute approximate surface area is 108 Å². The largest absolute Gasteiger partial charge is 0.106 e. The van der Waals surface area contributed by atoms with Crippen molar-refractivity contribution in [3.63, 3.8) is 0 Å². The minimum atomic E-state index is 0.901. The van der Waals surface area contributed by atoms with Crippen LogP contribution in [0.15, 0.2) is 54.6 Å². The van der Waals surface area contributed by atoms with E-state index in [1.54, 1.807) is 0 Å². The molecular formula is C18H10. The highest BCUT2D eigenvalue weighted by atomic mass is 13.9. The van der Waals surface area contributed by atoms with Gasteiger partial charge in [0.05, 0.1) is 0 Å². The molecule has 82 valence electrons. The van der Waals surface area contributed by atoms with Crippen molar-refractivity contribution in [1.82, 2.24) is 0 Å². The molecule has 2 aromatic carbocycles. The topological polar surface area (TPSA) is 0 Å². The molecule has 0 fully saturated rings. The second-order valence-electron chi connectivity index (χ2n) is 3.59. The zero-order valence-corrected chi connectivity index (χ0v) is 9.77. The summed E-state index contributed by atoms with van der Waals surface area (Å²) < 4.78 is 0. The third kappa shape index (κ3) is 3.31. The van der Waals surface area contributed by atoms with Crippen LogP contribution < -0.4 is 0 Å². The summed E-state index contributed by atoms with van der Waals surface area (Å²) in [5, 5.41) is 0. The van der Waals surface area contributed by atoms with Gasteiger partial charge in [-0.3, -0.25) is 0 Å². The van der Waals surface area contributed by atoms with E-state index in [0.717, 1.165) is 16.7 Å². The van der Waals surface area contributed by atoms with Crippen LogP contribution >= 0.6 is 0 Å². The number of hydrogen-bond donors (Lipinski definition) is 0. The fourth-order valence-electron chi connectivity index (χ4n) is 1.41. The van der Waals surface area contributed by atoms with Gasteiger partial charge < -0.3 is 0 Å².